The van der Waals surface area contributed by atoms with Gasteiger partial charge in [0.2, 0.25) is 0 Å². The SMILES string of the molecule is [2H]C([2H])([2H])c1ccc(-n2c(-c3cc(C(C)C)cc(C(C)C)c3O)nc3c(-c4cc(-c5ccccc5)cc(-c5cc(-c6ccccc6)ccn5)c4)cccc32)c(-c2ccc(C(C)(C)C)cc2)c1. The lowest BCUT2D eigenvalue weighted by Gasteiger charge is -2.21. The third-order valence-corrected chi connectivity index (χ3v) is 12.2. The fourth-order valence-electron chi connectivity index (χ4n) is 8.62. The van der Waals surface area contributed by atoms with E-state index in [9.17, 15) is 5.11 Å². The molecule has 0 radical (unpaired) electrons. The monoisotopic (exact) mass is 824 g/mol. The highest BCUT2D eigenvalue weighted by atomic mass is 16.3. The van der Waals surface area contributed by atoms with Gasteiger partial charge in [-0.15, -0.1) is 0 Å². The number of phenols is 1. The number of nitrogens with zero attached hydrogens (tertiary/aromatic N) is 3. The number of imidazole rings is 1. The van der Waals surface area contributed by atoms with Crippen LogP contribution >= 0.6 is 0 Å². The lowest BCUT2D eigenvalue weighted by molar-refractivity contribution is 0.466. The first-order valence-corrected chi connectivity index (χ1v) is 21.9. The van der Waals surface area contributed by atoms with Crippen LogP contribution in [0.4, 0.5) is 0 Å². The number of aryl methyl sites for hydroxylation is 1. The Morgan fingerprint density at radius 2 is 1.24 bits per heavy atom. The maximum Gasteiger partial charge on any atom is 0.149 e. The smallest absolute Gasteiger partial charge is 0.149 e. The van der Waals surface area contributed by atoms with Gasteiger partial charge in [-0.25, -0.2) is 4.98 Å². The lowest BCUT2D eigenvalue weighted by atomic mass is 9.86. The molecule has 0 saturated carbocycles. The van der Waals surface area contributed by atoms with E-state index in [1.165, 1.54) is 5.56 Å². The van der Waals surface area contributed by atoms with Gasteiger partial charge in [0.1, 0.15) is 11.6 Å². The van der Waals surface area contributed by atoms with Crippen molar-refractivity contribution in [3.05, 3.63) is 192 Å². The zero-order chi connectivity index (χ0) is 46.5. The Morgan fingerprint density at radius 3 is 1.90 bits per heavy atom. The molecule has 7 aromatic carbocycles. The van der Waals surface area contributed by atoms with Crippen molar-refractivity contribution in [3.8, 4) is 78.6 Å². The summed E-state index contributed by atoms with van der Waals surface area (Å²) in [5, 5.41) is 12.3. The molecule has 312 valence electrons. The van der Waals surface area contributed by atoms with Crippen LogP contribution in [-0.2, 0) is 5.41 Å². The molecule has 4 heteroatoms. The van der Waals surface area contributed by atoms with Crippen molar-refractivity contribution < 1.29 is 9.22 Å². The third-order valence-electron chi connectivity index (χ3n) is 12.2. The normalized spacial score (nSPS) is 12.7. The van der Waals surface area contributed by atoms with Crippen molar-refractivity contribution >= 4 is 11.0 Å². The zero-order valence-electron chi connectivity index (χ0n) is 40.1. The maximum absolute atomic E-state index is 12.3. The molecule has 0 aliphatic heterocycles. The number of para-hydroxylation sites is 1. The Labute approximate surface area is 376 Å². The van der Waals surface area contributed by atoms with Gasteiger partial charge in [-0.3, -0.25) is 9.55 Å². The van der Waals surface area contributed by atoms with Crippen molar-refractivity contribution in [2.24, 2.45) is 0 Å². The van der Waals surface area contributed by atoms with E-state index in [1.54, 1.807) is 12.1 Å². The molecular weight excluding hydrogens is 767 g/mol. The molecule has 0 spiro atoms. The average molecular weight is 825 g/mol. The summed E-state index contributed by atoms with van der Waals surface area (Å²) in [4.78, 5) is 10.5. The van der Waals surface area contributed by atoms with Crippen molar-refractivity contribution in [3.63, 3.8) is 0 Å². The quantitative estimate of drug-likeness (QED) is 0.158. The Hall–Kier alpha value is -7.04. The van der Waals surface area contributed by atoms with Gasteiger partial charge in [0.15, 0.2) is 0 Å². The molecular formula is C59H55N3O. The maximum atomic E-state index is 12.3. The minimum Gasteiger partial charge on any atom is -0.507 e. The summed E-state index contributed by atoms with van der Waals surface area (Å²) in [6.45, 7) is 12.7. The summed E-state index contributed by atoms with van der Waals surface area (Å²) in [7, 11) is 0. The minimum absolute atomic E-state index is 0.0412. The molecule has 0 saturated heterocycles. The van der Waals surface area contributed by atoms with Gasteiger partial charge < -0.3 is 5.11 Å². The van der Waals surface area contributed by atoms with Gasteiger partial charge in [0, 0.05) is 27.0 Å². The molecule has 9 rings (SSSR count). The molecule has 9 aromatic rings. The second kappa shape index (κ2) is 16.7. The molecule has 0 aliphatic rings. The van der Waals surface area contributed by atoms with Crippen LogP contribution in [-0.4, -0.2) is 19.6 Å². The van der Waals surface area contributed by atoms with Crippen LogP contribution in [0.3, 0.4) is 0 Å². The van der Waals surface area contributed by atoms with E-state index in [0.717, 1.165) is 83.6 Å². The molecule has 0 atom stereocenters. The van der Waals surface area contributed by atoms with Gasteiger partial charge >= 0.3 is 0 Å². The highest BCUT2D eigenvalue weighted by Crippen LogP contribution is 2.44. The average Bonchev–Trinajstić information content (AvgIpc) is 3.70. The zero-order valence-corrected chi connectivity index (χ0v) is 37.1. The van der Waals surface area contributed by atoms with E-state index in [4.69, 9.17) is 14.1 Å². The molecule has 2 aromatic heterocycles. The van der Waals surface area contributed by atoms with Gasteiger partial charge in [0.05, 0.1) is 28.0 Å². The van der Waals surface area contributed by atoms with Crippen molar-refractivity contribution in [1.29, 1.82) is 0 Å². The standard InChI is InChI=1S/C59H55N3O/c1-37(2)44-34-50(38(3)4)57(63)52(35-44)58-61-56-49(20-15-21-55(56)62(58)54-27-22-39(5)30-51(54)42-23-25-48(26-24-42)59(6,7)8)46-31-45(41-18-13-10-14-19-41)32-47(33-46)53-36-43(28-29-60-53)40-16-11-9-12-17-40/h9-38,63H,1-8H3/i5D3. The van der Waals surface area contributed by atoms with Crippen LogP contribution in [0.25, 0.3) is 83.9 Å². The van der Waals surface area contributed by atoms with E-state index in [1.807, 2.05) is 42.6 Å². The summed E-state index contributed by atoms with van der Waals surface area (Å²) in [6, 6.07) is 55.8. The highest BCUT2D eigenvalue weighted by Gasteiger charge is 2.25. The van der Waals surface area contributed by atoms with Crippen LogP contribution in [0, 0.1) is 6.85 Å². The number of aromatic hydroxyl groups is 1. The molecule has 63 heavy (non-hydrogen) atoms. The van der Waals surface area contributed by atoms with E-state index in [0.29, 0.717) is 11.4 Å². The fraction of sp³-hybridized carbons (Fsp3) is 0.186. The number of hydrogen-bond acceptors (Lipinski definition) is 3. The minimum atomic E-state index is -2.33. The van der Waals surface area contributed by atoms with Crippen molar-refractivity contribution in [2.45, 2.75) is 72.6 Å². The second-order valence-corrected chi connectivity index (χ2v) is 18.3. The Bertz CT molecular complexity index is 3210. The first kappa shape index (κ1) is 37.7. The van der Waals surface area contributed by atoms with Crippen molar-refractivity contribution in [1.82, 2.24) is 14.5 Å². The lowest BCUT2D eigenvalue weighted by Crippen LogP contribution is -2.10. The molecule has 0 unspecified atom stereocenters. The van der Waals surface area contributed by atoms with E-state index in [-0.39, 0.29) is 28.6 Å². The number of rotatable bonds is 9. The van der Waals surface area contributed by atoms with E-state index < -0.39 is 6.85 Å². The summed E-state index contributed by atoms with van der Waals surface area (Å²) >= 11 is 0. The summed E-state index contributed by atoms with van der Waals surface area (Å²) in [6.07, 6.45) is 1.87. The molecule has 0 bridgehead atoms. The van der Waals surface area contributed by atoms with Gasteiger partial charge in [0.25, 0.3) is 0 Å². The van der Waals surface area contributed by atoms with Crippen molar-refractivity contribution in [2.75, 3.05) is 0 Å². The fourth-order valence-corrected chi connectivity index (χ4v) is 8.62. The first-order valence-electron chi connectivity index (χ1n) is 23.4. The van der Waals surface area contributed by atoms with Crippen LogP contribution < -0.4 is 0 Å². The van der Waals surface area contributed by atoms with E-state index in [2.05, 4.69) is 168 Å². The number of aromatic nitrogens is 3. The topological polar surface area (TPSA) is 50.9 Å². The Balaban J connectivity index is 1.35. The van der Waals surface area contributed by atoms with Crippen LogP contribution in [0.15, 0.2) is 170 Å². The largest absolute Gasteiger partial charge is 0.507 e. The molecule has 0 aliphatic carbocycles. The van der Waals surface area contributed by atoms with Gasteiger partial charge in [-0.2, -0.15) is 0 Å². The molecule has 1 N–H and O–H groups in total. The predicted molar refractivity (Wildman–Crippen MR) is 265 cm³/mol. The second-order valence-electron chi connectivity index (χ2n) is 18.3. The molecule has 2 heterocycles. The first-order chi connectivity index (χ1) is 31.5. The Kier molecular flexibility index (Phi) is 9.98. The summed E-state index contributed by atoms with van der Waals surface area (Å²) in [5.74, 6) is 0.962. The van der Waals surface area contributed by atoms with Crippen LogP contribution in [0.5, 0.6) is 5.75 Å². The molecule has 0 fully saturated rings. The van der Waals surface area contributed by atoms with E-state index >= 15 is 0 Å². The number of hydrogen-bond donors (Lipinski definition) is 1. The summed E-state index contributed by atoms with van der Waals surface area (Å²) in [5.41, 5.74) is 15.8. The Morgan fingerprint density at radius 1 is 0.556 bits per heavy atom. The molecule has 0 amide bonds. The third kappa shape index (κ3) is 8.10. The number of phenolic OH excluding ortho intramolecular Hbond substituents is 1. The number of benzene rings is 7. The van der Waals surface area contributed by atoms with Crippen LogP contribution in [0.1, 0.15) is 86.7 Å². The van der Waals surface area contributed by atoms with Gasteiger partial charge in [-0.1, -0.05) is 163 Å². The number of pyridine rings is 1. The van der Waals surface area contributed by atoms with Gasteiger partial charge in [-0.05, 0) is 129 Å². The predicted octanol–water partition coefficient (Wildman–Crippen LogP) is 16.0. The summed E-state index contributed by atoms with van der Waals surface area (Å²) < 4.78 is 27.5. The number of fused-ring (bicyclic) bond motifs is 1. The molecule has 4 nitrogen and oxygen atoms in total. The highest BCUT2D eigenvalue weighted by molar-refractivity contribution is 5.98. The van der Waals surface area contributed by atoms with Crippen LogP contribution in [0.2, 0.25) is 0 Å².